The van der Waals surface area contributed by atoms with Gasteiger partial charge in [0, 0.05) is 37.2 Å². The third kappa shape index (κ3) is 5.09. The second-order valence-electron chi connectivity index (χ2n) is 6.03. The summed E-state index contributed by atoms with van der Waals surface area (Å²) in [5.74, 6) is -0.221. The largest absolute Gasteiger partial charge is 0.348 e. The van der Waals surface area contributed by atoms with Gasteiger partial charge >= 0.3 is 0 Å². The molecule has 1 aromatic heterocycles. The molecule has 0 unspecified atom stereocenters. The van der Waals surface area contributed by atoms with Gasteiger partial charge < -0.3 is 10.6 Å². The van der Waals surface area contributed by atoms with E-state index in [0.29, 0.717) is 12.2 Å². The fraction of sp³-hybridized carbons (Fsp3) is 0.333. The Morgan fingerprint density at radius 3 is 2.56 bits per heavy atom. The van der Waals surface area contributed by atoms with Crippen molar-refractivity contribution >= 4 is 17.5 Å². The summed E-state index contributed by atoms with van der Waals surface area (Å²) >= 11 is 0. The van der Waals surface area contributed by atoms with Gasteiger partial charge in [-0.3, -0.25) is 19.5 Å². The van der Waals surface area contributed by atoms with Gasteiger partial charge in [0.25, 0.3) is 5.91 Å². The SMILES string of the molecule is O=C(CN1CCC(NC(=O)c2cnccn2)CC1)Nc1ccccc1. The number of nitrogens with one attached hydrogen (secondary N) is 2. The number of nitrogens with zero attached hydrogens (tertiary/aromatic N) is 3. The Balaban J connectivity index is 1.41. The summed E-state index contributed by atoms with van der Waals surface area (Å²) in [6.07, 6.45) is 6.12. The smallest absolute Gasteiger partial charge is 0.271 e. The van der Waals surface area contributed by atoms with Crippen LogP contribution in [0.1, 0.15) is 23.3 Å². The number of aromatic nitrogens is 2. The Morgan fingerprint density at radius 2 is 1.88 bits per heavy atom. The summed E-state index contributed by atoms with van der Waals surface area (Å²) in [5, 5.41) is 5.87. The van der Waals surface area contributed by atoms with E-state index < -0.39 is 0 Å². The number of carbonyl (C=O) groups is 2. The van der Waals surface area contributed by atoms with Gasteiger partial charge in [-0.1, -0.05) is 18.2 Å². The molecular weight excluding hydrogens is 318 g/mol. The van der Waals surface area contributed by atoms with Gasteiger partial charge in [-0.25, -0.2) is 4.98 Å². The van der Waals surface area contributed by atoms with Gasteiger partial charge in [0.15, 0.2) is 0 Å². The first-order valence-electron chi connectivity index (χ1n) is 8.35. The highest BCUT2D eigenvalue weighted by Gasteiger charge is 2.22. The molecule has 1 aliphatic rings. The van der Waals surface area contributed by atoms with Crippen LogP contribution in [0.3, 0.4) is 0 Å². The number of rotatable bonds is 5. The van der Waals surface area contributed by atoms with E-state index in [-0.39, 0.29) is 17.9 Å². The third-order valence-electron chi connectivity index (χ3n) is 4.14. The summed E-state index contributed by atoms with van der Waals surface area (Å²) in [6.45, 7) is 1.90. The molecule has 0 radical (unpaired) electrons. The van der Waals surface area contributed by atoms with E-state index >= 15 is 0 Å². The zero-order chi connectivity index (χ0) is 17.5. The number of amides is 2. The first kappa shape index (κ1) is 17.0. The Labute approximate surface area is 146 Å². The lowest BCUT2D eigenvalue weighted by molar-refractivity contribution is -0.117. The molecule has 130 valence electrons. The van der Waals surface area contributed by atoms with Gasteiger partial charge in [-0.15, -0.1) is 0 Å². The van der Waals surface area contributed by atoms with Crippen molar-refractivity contribution in [3.8, 4) is 0 Å². The molecule has 0 aliphatic carbocycles. The van der Waals surface area contributed by atoms with E-state index in [1.54, 1.807) is 0 Å². The number of benzene rings is 1. The molecule has 1 fully saturated rings. The van der Waals surface area contributed by atoms with Crippen LogP contribution < -0.4 is 10.6 Å². The second kappa shape index (κ2) is 8.34. The molecule has 7 nitrogen and oxygen atoms in total. The molecular formula is C18H21N5O2. The fourth-order valence-corrected chi connectivity index (χ4v) is 2.84. The molecule has 0 saturated carbocycles. The number of carbonyl (C=O) groups excluding carboxylic acids is 2. The lowest BCUT2D eigenvalue weighted by Gasteiger charge is -2.31. The number of hydrogen-bond acceptors (Lipinski definition) is 5. The third-order valence-corrected chi connectivity index (χ3v) is 4.14. The molecule has 7 heteroatoms. The standard InChI is InChI=1S/C18H21N5O2/c24-17(21-14-4-2-1-3-5-14)13-23-10-6-15(7-11-23)22-18(25)16-12-19-8-9-20-16/h1-5,8-9,12,15H,6-7,10-11,13H2,(H,21,24)(H,22,25). The normalized spacial score (nSPS) is 15.5. The van der Waals surface area contributed by atoms with E-state index in [9.17, 15) is 9.59 Å². The predicted molar refractivity (Wildman–Crippen MR) is 94.0 cm³/mol. The Bertz CT molecular complexity index is 700. The monoisotopic (exact) mass is 339 g/mol. The minimum atomic E-state index is -0.201. The minimum absolute atomic E-state index is 0.0201. The van der Waals surface area contributed by atoms with Crippen LogP contribution in [0, 0.1) is 0 Å². The average molecular weight is 339 g/mol. The van der Waals surface area contributed by atoms with Crippen LogP contribution >= 0.6 is 0 Å². The van der Waals surface area contributed by atoms with Crippen LogP contribution in [0.4, 0.5) is 5.69 Å². The molecule has 1 saturated heterocycles. The molecule has 3 rings (SSSR count). The van der Waals surface area contributed by atoms with Crippen LogP contribution in [0.5, 0.6) is 0 Å². The van der Waals surface area contributed by atoms with Crippen LogP contribution in [0.2, 0.25) is 0 Å². The lowest BCUT2D eigenvalue weighted by Crippen LogP contribution is -2.46. The van der Waals surface area contributed by atoms with Crippen LogP contribution in [0.15, 0.2) is 48.9 Å². The number of likely N-dealkylation sites (tertiary alicyclic amines) is 1. The molecule has 1 aliphatic heterocycles. The number of hydrogen-bond donors (Lipinski definition) is 2. The molecule has 0 bridgehead atoms. The highest BCUT2D eigenvalue weighted by molar-refractivity contribution is 5.92. The first-order chi connectivity index (χ1) is 12.2. The zero-order valence-electron chi connectivity index (χ0n) is 13.9. The fourth-order valence-electron chi connectivity index (χ4n) is 2.84. The van der Waals surface area contributed by atoms with Crippen molar-refractivity contribution in [2.24, 2.45) is 0 Å². The summed E-state index contributed by atoms with van der Waals surface area (Å²) in [7, 11) is 0. The molecule has 2 aromatic rings. The van der Waals surface area contributed by atoms with E-state index in [0.717, 1.165) is 31.6 Å². The van der Waals surface area contributed by atoms with E-state index in [1.807, 2.05) is 30.3 Å². The molecule has 0 atom stereocenters. The topological polar surface area (TPSA) is 87.2 Å². The number of para-hydroxylation sites is 1. The van der Waals surface area contributed by atoms with Crippen molar-refractivity contribution in [2.45, 2.75) is 18.9 Å². The van der Waals surface area contributed by atoms with Crippen molar-refractivity contribution in [3.63, 3.8) is 0 Å². The Hall–Kier alpha value is -2.80. The summed E-state index contributed by atoms with van der Waals surface area (Å²) < 4.78 is 0. The van der Waals surface area contributed by atoms with Gasteiger partial charge in [0.2, 0.25) is 5.91 Å². The Morgan fingerprint density at radius 1 is 1.12 bits per heavy atom. The predicted octanol–water partition coefficient (Wildman–Crippen LogP) is 1.31. The van der Waals surface area contributed by atoms with Gasteiger partial charge in [-0.2, -0.15) is 0 Å². The van der Waals surface area contributed by atoms with E-state index in [1.165, 1.54) is 18.6 Å². The van der Waals surface area contributed by atoms with Gasteiger partial charge in [0.1, 0.15) is 5.69 Å². The highest BCUT2D eigenvalue weighted by Crippen LogP contribution is 2.11. The van der Waals surface area contributed by atoms with Gasteiger partial charge in [0.05, 0.1) is 12.7 Å². The maximum Gasteiger partial charge on any atom is 0.271 e. The van der Waals surface area contributed by atoms with Crippen molar-refractivity contribution in [1.82, 2.24) is 20.2 Å². The van der Waals surface area contributed by atoms with Crippen molar-refractivity contribution < 1.29 is 9.59 Å². The van der Waals surface area contributed by atoms with E-state index in [4.69, 9.17) is 0 Å². The van der Waals surface area contributed by atoms with Crippen molar-refractivity contribution in [3.05, 3.63) is 54.6 Å². The average Bonchev–Trinajstić information content (AvgIpc) is 2.65. The quantitative estimate of drug-likeness (QED) is 0.858. The van der Waals surface area contributed by atoms with Crippen molar-refractivity contribution in [1.29, 1.82) is 0 Å². The van der Waals surface area contributed by atoms with E-state index in [2.05, 4.69) is 25.5 Å². The molecule has 2 heterocycles. The number of piperidine rings is 1. The lowest BCUT2D eigenvalue weighted by atomic mass is 10.0. The molecule has 2 amide bonds. The highest BCUT2D eigenvalue weighted by atomic mass is 16.2. The first-order valence-corrected chi connectivity index (χ1v) is 8.35. The molecule has 25 heavy (non-hydrogen) atoms. The second-order valence-corrected chi connectivity index (χ2v) is 6.03. The van der Waals surface area contributed by atoms with Crippen LogP contribution in [-0.2, 0) is 4.79 Å². The summed E-state index contributed by atoms with van der Waals surface area (Å²) in [6, 6.07) is 9.53. The maximum absolute atomic E-state index is 12.1. The van der Waals surface area contributed by atoms with Gasteiger partial charge in [-0.05, 0) is 25.0 Å². The molecule has 0 spiro atoms. The zero-order valence-corrected chi connectivity index (χ0v) is 13.9. The molecule has 2 N–H and O–H groups in total. The van der Waals surface area contributed by atoms with Crippen LogP contribution in [0.25, 0.3) is 0 Å². The number of anilines is 1. The summed E-state index contributed by atoms with van der Waals surface area (Å²) in [5.41, 5.74) is 1.13. The van der Waals surface area contributed by atoms with Crippen molar-refractivity contribution in [2.75, 3.05) is 25.0 Å². The Kier molecular flexibility index (Phi) is 5.69. The minimum Gasteiger partial charge on any atom is -0.348 e. The maximum atomic E-state index is 12.1. The molecule has 1 aromatic carbocycles. The van der Waals surface area contributed by atoms with Crippen LogP contribution in [-0.4, -0.2) is 52.4 Å². The summed E-state index contributed by atoms with van der Waals surface area (Å²) in [4.78, 5) is 34.2.